The number of hydrogen-bond donors (Lipinski definition) is 3. The van der Waals surface area contributed by atoms with Crippen LogP contribution in [0.5, 0.6) is 0 Å². The van der Waals surface area contributed by atoms with Gasteiger partial charge < -0.3 is 10.6 Å². The van der Waals surface area contributed by atoms with E-state index in [0.29, 0.717) is 18.5 Å². The third-order valence-corrected chi connectivity index (χ3v) is 4.78. The molecule has 1 aliphatic heterocycles. The molecule has 1 aromatic rings. The maximum Gasteiger partial charge on any atom is 0.325 e. The van der Waals surface area contributed by atoms with E-state index in [0.717, 1.165) is 28.9 Å². The maximum atomic E-state index is 12.8. The Balaban J connectivity index is 1.99. The number of anilines is 1. The lowest BCUT2D eigenvalue weighted by atomic mass is 9.88. The topological polar surface area (TPSA) is 108 Å². The molecule has 1 fully saturated rings. The number of amides is 6. The molecule has 1 aromatic carbocycles. The molecule has 0 aromatic heterocycles. The summed E-state index contributed by atoms with van der Waals surface area (Å²) in [5, 5.41) is 7.50. The molecule has 28 heavy (non-hydrogen) atoms. The molecule has 0 spiro atoms. The quantitative estimate of drug-likeness (QED) is 0.624. The average molecular weight is 388 g/mol. The van der Waals surface area contributed by atoms with Crippen LogP contribution in [0.15, 0.2) is 18.2 Å². The van der Waals surface area contributed by atoms with Crippen LogP contribution in [0.4, 0.5) is 15.3 Å². The van der Waals surface area contributed by atoms with Gasteiger partial charge in [0.1, 0.15) is 12.1 Å². The lowest BCUT2D eigenvalue weighted by Crippen LogP contribution is -2.48. The van der Waals surface area contributed by atoms with Crippen LogP contribution in [0.2, 0.25) is 0 Å². The van der Waals surface area contributed by atoms with Gasteiger partial charge in [0.05, 0.1) is 0 Å². The van der Waals surface area contributed by atoms with Crippen molar-refractivity contribution in [1.82, 2.24) is 15.5 Å². The molecule has 6 amide bonds. The standard InChI is InChI=1S/C20H28N4O4/c1-5-9-20(10-6-2)17(26)24(19(28)23-20)12-16(25)22-18(27)21-15-8-7-13(3)11-14(15)4/h7-8,11H,5-6,9-10,12H2,1-4H3,(H,23,28)(H2,21,22,25,27). The second kappa shape index (κ2) is 8.86. The minimum atomic E-state index is -0.956. The summed E-state index contributed by atoms with van der Waals surface area (Å²) < 4.78 is 0. The van der Waals surface area contributed by atoms with Crippen LogP contribution in [0.1, 0.15) is 50.7 Å². The number of aryl methyl sites for hydroxylation is 2. The molecule has 0 aliphatic carbocycles. The van der Waals surface area contributed by atoms with Gasteiger partial charge in [-0.1, -0.05) is 44.4 Å². The van der Waals surface area contributed by atoms with Crippen molar-refractivity contribution in [3.63, 3.8) is 0 Å². The van der Waals surface area contributed by atoms with Gasteiger partial charge in [-0.3, -0.25) is 19.8 Å². The van der Waals surface area contributed by atoms with Crippen LogP contribution in [-0.4, -0.2) is 40.9 Å². The van der Waals surface area contributed by atoms with E-state index >= 15 is 0 Å². The van der Waals surface area contributed by atoms with Crippen molar-refractivity contribution in [2.45, 2.75) is 58.9 Å². The third kappa shape index (κ3) is 4.68. The van der Waals surface area contributed by atoms with E-state index in [9.17, 15) is 19.2 Å². The molecule has 0 radical (unpaired) electrons. The van der Waals surface area contributed by atoms with Gasteiger partial charge in [0.25, 0.3) is 5.91 Å². The Morgan fingerprint density at radius 2 is 1.75 bits per heavy atom. The van der Waals surface area contributed by atoms with Crippen molar-refractivity contribution in [3.8, 4) is 0 Å². The molecule has 0 unspecified atom stereocenters. The molecule has 0 saturated carbocycles. The fraction of sp³-hybridized carbons (Fsp3) is 0.500. The van der Waals surface area contributed by atoms with E-state index in [1.807, 2.05) is 39.8 Å². The summed E-state index contributed by atoms with van der Waals surface area (Å²) >= 11 is 0. The van der Waals surface area contributed by atoms with E-state index < -0.39 is 36.0 Å². The summed E-state index contributed by atoms with van der Waals surface area (Å²) in [6.07, 6.45) is 2.47. The molecule has 0 bridgehead atoms. The first-order chi connectivity index (χ1) is 13.2. The monoisotopic (exact) mass is 388 g/mol. The van der Waals surface area contributed by atoms with Crippen molar-refractivity contribution in [3.05, 3.63) is 29.3 Å². The van der Waals surface area contributed by atoms with Crippen molar-refractivity contribution >= 4 is 29.6 Å². The van der Waals surface area contributed by atoms with Crippen molar-refractivity contribution in [2.75, 3.05) is 11.9 Å². The lowest BCUT2D eigenvalue weighted by molar-refractivity contribution is -0.135. The fourth-order valence-electron chi connectivity index (χ4n) is 3.55. The van der Waals surface area contributed by atoms with Crippen LogP contribution in [0.3, 0.4) is 0 Å². The number of nitrogens with zero attached hydrogens (tertiary/aromatic N) is 1. The third-order valence-electron chi connectivity index (χ3n) is 4.78. The zero-order chi connectivity index (χ0) is 20.9. The van der Waals surface area contributed by atoms with E-state index in [2.05, 4.69) is 16.0 Å². The summed E-state index contributed by atoms with van der Waals surface area (Å²) in [6.45, 7) is 7.15. The predicted molar refractivity (Wildman–Crippen MR) is 106 cm³/mol. The summed E-state index contributed by atoms with van der Waals surface area (Å²) in [6, 6.07) is 4.19. The lowest BCUT2D eigenvalue weighted by Gasteiger charge is -2.25. The minimum absolute atomic E-state index is 0.411. The molecule has 1 saturated heterocycles. The number of carbonyl (C=O) groups is 4. The Morgan fingerprint density at radius 1 is 1.11 bits per heavy atom. The molecule has 152 valence electrons. The van der Waals surface area contributed by atoms with Gasteiger partial charge in [-0.25, -0.2) is 9.59 Å². The smallest absolute Gasteiger partial charge is 0.323 e. The number of nitrogens with one attached hydrogen (secondary N) is 3. The minimum Gasteiger partial charge on any atom is -0.323 e. The van der Waals surface area contributed by atoms with Crippen LogP contribution < -0.4 is 16.0 Å². The summed E-state index contributed by atoms with van der Waals surface area (Å²) in [5.41, 5.74) is 1.54. The Hall–Kier alpha value is -2.90. The summed E-state index contributed by atoms with van der Waals surface area (Å²) in [5.74, 6) is -1.14. The highest BCUT2D eigenvalue weighted by molar-refractivity contribution is 6.10. The highest BCUT2D eigenvalue weighted by atomic mass is 16.2. The van der Waals surface area contributed by atoms with Gasteiger partial charge in [-0.2, -0.15) is 0 Å². The first-order valence-corrected chi connectivity index (χ1v) is 9.54. The second-order valence-corrected chi connectivity index (χ2v) is 7.22. The van der Waals surface area contributed by atoms with Gasteiger partial charge in [0.2, 0.25) is 5.91 Å². The van der Waals surface area contributed by atoms with E-state index in [4.69, 9.17) is 0 Å². The summed E-state index contributed by atoms with van der Waals surface area (Å²) in [7, 11) is 0. The molecule has 8 nitrogen and oxygen atoms in total. The number of urea groups is 2. The van der Waals surface area contributed by atoms with Crippen LogP contribution in [0, 0.1) is 13.8 Å². The maximum absolute atomic E-state index is 12.8. The Morgan fingerprint density at radius 3 is 2.32 bits per heavy atom. The fourth-order valence-corrected chi connectivity index (χ4v) is 3.55. The highest BCUT2D eigenvalue weighted by Gasteiger charge is 2.50. The second-order valence-electron chi connectivity index (χ2n) is 7.22. The largest absolute Gasteiger partial charge is 0.325 e. The SMILES string of the molecule is CCCC1(CCC)NC(=O)N(CC(=O)NC(=O)Nc2ccc(C)cc2C)C1=O. The van der Waals surface area contributed by atoms with E-state index in [1.165, 1.54) is 0 Å². The number of benzene rings is 1. The van der Waals surface area contributed by atoms with Crippen LogP contribution >= 0.6 is 0 Å². The zero-order valence-corrected chi connectivity index (χ0v) is 16.8. The Bertz CT molecular complexity index is 784. The van der Waals surface area contributed by atoms with Crippen LogP contribution in [0.25, 0.3) is 0 Å². The molecule has 8 heteroatoms. The van der Waals surface area contributed by atoms with Crippen molar-refractivity contribution in [2.24, 2.45) is 0 Å². The van der Waals surface area contributed by atoms with Gasteiger partial charge in [-0.15, -0.1) is 0 Å². The number of carbonyl (C=O) groups excluding carboxylic acids is 4. The molecule has 1 aliphatic rings. The number of imide groups is 2. The van der Waals surface area contributed by atoms with Gasteiger partial charge in [-0.05, 0) is 38.3 Å². The molecular weight excluding hydrogens is 360 g/mol. The van der Waals surface area contributed by atoms with Gasteiger partial charge in [0.15, 0.2) is 0 Å². The molecular formula is C20H28N4O4. The molecule has 3 N–H and O–H groups in total. The number of rotatable bonds is 7. The van der Waals surface area contributed by atoms with E-state index in [-0.39, 0.29) is 0 Å². The van der Waals surface area contributed by atoms with Gasteiger partial charge >= 0.3 is 12.1 Å². The average Bonchev–Trinajstić information content (AvgIpc) is 2.82. The highest BCUT2D eigenvalue weighted by Crippen LogP contribution is 2.27. The van der Waals surface area contributed by atoms with Crippen molar-refractivity contribution < 1.29 is 19.2 Å². The number of hydrogen-bond acceptors (Lipinski definition) is 4. The van der Waals surface area contributed by atoms with Gasteiger partial charge in [0, 0.05) is 5.69 Å². The summed E-state index contributed by atoms with van der Waals surface area (Å²) in [4.78, 5) is 50.2. The molecule has 1 heterocycles. The Kier molecular flexibility index (Phi) is 6.77. The first-order valence-electron chi connectivity index (χ1n) is 9.54. The predicted octanol–water partition coefficient (Wildman–Crippen LogP) is 2.84. The van der Waals surface area contributed by atoms with Crippen LogP contribution in [-0.2, 0) is 9.59 Å². The zero-order valence-electron chi connectivity index (χ0n) is 16.8. The molecule has 2 rings (SSSR count). The Labute approximate surface area is 165 Å². The van der Waals surface area contributed by atoms with E-state index in [1.54, 1.807) is 6.07 Å². The normalized spacial score (nSPS) is 15.4. The van der Waals surface area contributed by atoms with Crippen molar-refractivity contribution in [1.29, 1.82) is 0 Å². The first kappa shape index (κ1) is 21.4. The molecule has 0 atom stereocenters.